The second kappa shape index (κ2) is 9.50. The van der Waals surface area contributed by atoms with Crippen LogP contribution in [0.2, 0.25) is 0 Å². The first-order chi connectivity index (χ1) is 16.6. The molecule has 34 heavy (non-hydrogen) atoms. The van der Waals surface area contributed by atoms with Gasteiger partial charge in [0.2, 0.25) is 11.7 Å². The average molecular weight is 478 g/mol. The van der Waals surface area contributed by atoms with Gasteiger partial charge in [0, 0.05) is 19.2 Å². The van der Waals surface area contributed by atoms with Gasteiger partial charge in [-0.3, -0.25) is 14.0 Å². The largest absolute Gasteiger partial charge is 0.497 e. The van der Waals surface area contributed by atoms with Gasteiger partial charge in [-0.2, -0.15) is 0 Å². The van der Waals surface area contributed by atoms with Crippen molar-refractivity contribution in [3.05, 3.63) is 58.9 Å². The number of carbonyl (C=O) groups excluding carboxylic acids is 1. The van der Waals surface area contributed by atoms with Gasteiger partial charge in [0.1, 0.15) is 5.75 Å². The van der Waals surface area contributed by atoms with Crippen molar-refractivity contribution in [1.82, 2.24) is 24.1 Å². The molecule has 1 unspecified atom stereocenters. The summed E-state index contributed by atoms with van der Waals surface area (Å²) in [6.45, 7) is 3.53. The smallest absolute Gasteiger partial charge is 0.267 e. The number of ether oxygens (including phenoxy) is 1. The van der Waals surface area contributed by atoms with E-state index in [1.807, 2.05) is 52.6 Å². The number of likely N-dealkylation sites (tertiary alicyclic amines) is 1. The lowest BCUT2D eigenvalue weighted by Crippen LogP contribution is -2.37. The highest BCUT2D eigenvalue weighted by Crippen LogP contribution is 2.28. The Bertz CT molecular complexity index is 1400. The number of carbonyl (C=O) groups is 1. The number of hydrogen-bond donors (Lipinski definition) is 0. The molecule has 2 aromatic carbocycles. The van der Waals surface area contributed by atoms with E-state index < -0.39 is 0 Å². The molecule has 2 aromatic heterocycles. The summed E-state index contributed by atoms with van der Waals surface area (Å²) in [5.74, 6) is 1.16. The highest BCUT2D eigenvalue weighted by atomic mass is 32.2. The first-order valence-electron chi connectivity index (χ1n) is 11.6. The zero-order valence-corrected chi connectivity index (χ0v) is 20.1. The van der Waals surface area contributed by atoms with Crippen molar-refractivity contribution in [2.24, 2.45) is 0 Å². The fourth-order valence-corrected chi connectivity index (χ4v) is 5.43. The van der Waals surface area contributed by atoms with Crippen LogP contribution in [-0.4, -0.2) is 55.4 Å². The number of fused-ring (bicyclic) bond motifs is 3. The molecule has 0 radical (unpaired) electrons. The van der Waals surface area contributed by atoms with Crippen LogP contribution >= 0.6 is 11.8 Å². The molecular weight excluding hydrogens is 450 g/mol. The first-order valence-corrected chi connectivity index (χ1v) is 12.4. The minimum Gasteiger partial charge on any atom is -0.497 e. The number of methoxy groups -OCH3 is 1. The van der Waals surface area contributed by atoms with E-state index in [0.29, 0.717) is 33.3 Å². The summed E-state index contributed by atoms with van der Waals surface area (Å²) in [7, 11) is 1.59. The van der Waals surface area contributed by atoms with Gasteiger partial charge < -0.3 is 9.64 Å². The van der Waals surface area contributed by atoms with Crippen LogP contribution in [0.3, 0.4) is 0 Å². The highest BCUT2D eigenvalue weighted by Gasteiger charge is 2.25. The van der Waals surface area contributed by atoms with E-state index in [-0.39, 0.29) is 16.7 Å². The van der Waals surface area contributed by atoms with Crippen molar-refractivity contribution >= 4 is 34.3 Å². The Morgan fingerprint density at radius 1 is 1.03 bits per heavy atom. The Morgan fingerprint density at radius 2 is 1.79 bits per heavy atom. The van der Waals surface area contributed by atoms with E-state index in [2.05, 4.69) is 10.2 Å². The van der Waals surface area contributed by atoms with Crippen LogP contribution in [0.15, 0.2) is 58.5 Å². The number of para-hydroxylation sites is 1. The lowest BCUT2D eigenvalue weighted by atomic mass is 10.2. The number of nitrogens with zero attached hydrogens (tertiary/aromatic N) is 5. The van der Waals surface area contributed by atoms with E-state index in [4.69, 9.17) is 4.74 Å². The number of rotatable bonds is 5. The zero-order chi connectivity index (χ0) is 23.7. The maximum absolute atomic E-state index is 13.5. The Morgan fingerprint density at radius 3 is 2.56 bits per heavy atom. The number of amides is 1. The van der Waals surface area contributed by atoms with Crippen molar-refractivity contribution in [3.8, 4) is 11.4 Å². The number of benzene rings is 2. The quantitative estimate of drug-likeness (QED) is 0.405. The summed E-state index contributed by atoms with van der Waals surface area (Å²) in [6.07, 6.45) is 4.45. The molecule has 0 N–H and O–H groups in total. The molecule has 3 heterocycles. The van der Waals surface area contributed by atoms with Crippen molar-refractivity contribution in [2.45, 2.75) is 43.0 Å². The van der Waals surface area contributed by atoms with Crippen LogP contribution in [0.1, 0.15) is 32.6 Å². The summed E-state index contributed by atoms with van der Waals surface area (Å²) in [5.41, 5.74) is 1.16. The van der Waals surface area contributed by atoms with Gasteiger partial charge in [0.05, 0.1) is 29.0 Å². The standard InChI is InChI=1S/C25H27N5O3S/c1-17(22(31)28-14-7-3-4-8-15-28)34-25-27-26-24-29(18-10-9-11-19(16-18)33-2)23(32)20-12-5-6-13-21(20)30(24)25/h5-6,9-13,16-17H,3-4,7-8,14-15H2,1-2H3. The predicted molar refractivity (Wildman–Crippen MR) is 133 cm³/mol. The molecule has 0 aliphatic carbocycles. The lowest BCUT2D eigenvalue weighted by Gasteiger charge is -2.23. The Hall–Kier alpha value is -3.33. The van der Waals surface area contributed by atoms with E-state index >= 15 is 0 Å². The van der Waals surface area contributed by atoms with Gasteiger partial charge >= 0.3 is 0 Å². The maximum atomic E-state index is 13.5. The van der Waals surface area contributed by atoms with Crippen LogP contribution < -0.4 is 10.3 Å². The van der Waals surface area contributed by atoms with Gasteiger partial charge in [-0.1, -0.05) is 42.8 Å². The van der Waals surface area contributed by atoms with E-state index in [0.717, 1.165) is 25.9 Å². The molecule has 4 aromatic rings. The van der Waals surface area contributed by atoms with Crippen LogP contribution in [0.4, 0.5) is 0 Å². The van der Waals surface area contributed by atoms with Crippen LogP contribution in [0.5, 0.6) is 5.75 Å². The molecule has 1 aliphatic rings. The molecule has 1 fully saturated rings. The fourth-order valence-electron chi connectivity index (χ4n) is 4.49. The molecule has 8 nitrogen and oxygen atoms in total. The third-order valence-electron chi connectivity index (χ3n) is 6.25. The van der Waals surface area contributed by atoms with E-state index in [1.54, 1.807) is 23.8 Å². The molecular formula is C25H27N5O3S. The normalized spacial score (nSPS) is 15.4. The van der Waals surface area contributed by atoms with Crippen molar-refractivity contribution in [1.29, 1.82) is 0 Å². The SMILES string of the molecule is COc1cccc(-n2c(=O)c3ccccc3n3c(SC(C)C(=O)N4CCCCCC4)nnc23)c1. The van der Waals surface area contributed by atoms with E-state index in [9.17, 15) is 9.59 Å². The van der Waals surface area contributed by atoms with Crippen molar-refractivity contribution in [3.63, 3.8) is 0 Å². The molecule has 1 amide bonds. The second-order valence-corrected chi connectivity index (χ2v) is 9.78. The molecule has 176 valence electrons. The predicted octanol–water partition coefficient (Wildman–Crippen LogP) is 3.93. The summed E-state index contributed by atoms with van der Waals surface area (Å²) in [6, 6.07) is 14.7. The first kappa shape index (κ1) is 22.5. The van der Waals surface area contributed by atoms with E-state index in [1.165, 1.54) is 24.6 Å². The number of hydrogen-bond acceptors (Lipinski definition) is 6. The molecule has 9 heteroatoms. The second-order valence-electron chi connectivity index (χ2n) is 8.48. The number of thioether (sulfide) groups is 1. The average Bonchev–Trinajstić information content (AvgIpc) is 3.08. The fraction of sp³-hybridized carbons (Fsp3) is 0.360. The van der Waals surface area contributed by atoms with Gasteiger partial charge in [-0.05, 0) is 44.0 Å². The minimum atomic E-state index is -0.318. The highest BCUT2D eigenvalue weighted by molar-refractivity contribution is 8.00. The van der Waals surface area contributed by atoms with Crippen LogP contribution in [0, 0.1) is 0 Å². The maximum Gasteiger partial charge on any atom is 0.267 e. The molecule has 1 aliphatic heterocycles. The molecule has 0 saturated carbocycles. The topological polar surface area (TPSA) is 81.7 Å². The monoisotopic (exact) mass is 477 g/mol. The Kier molecular flexibility index (Phi) is 6.28. The van der Waals surface area contributed by atoms with Gasteiger partial charge in [-0.15, -0.1) is 10.2 Å². The summed E-state index contributed by atoms with van der Waals surface area (Å²) >= 11 is 1.38. The Labute approximate surface area is 201 Å². The third-order valence-corrected chi connectivity index (χ3v) is 7.28. The molecule has 1 saturated heterocycles. The van der Waals surface area contributed by atoms with Gasteiger partial charge in [0.15, 0.2) is 5.16 Å². The van der Waals surface area contributed by atoms with Gasteiger partial charge in [-0.25, -0.2) is 4.57 Å². The van der Waals surface area contributed by atoms with Gasteiger partial charge in [0.25, 0.3) is 5.56 Å². The zero-order valence-electron chi connectivity index (χ0n) is 19.3. The third kappa shape index (κ3) is 4.04. The Balaban J connectivity index is 1.61. The molecule has 5 rings (SSSR count). The van der Waals surface area contributed by atoms with Crippen LogP contribution in [0.25, 0.3) is 22.4 Å². The summed E-state index contributed by atoms with van der Waals surface area (Å²) in [5, 5.41) is 9.62. The van der Waals surface area contributed by atoms with Crippen molar-refractivity contribution in [2.75, 3.05) is 20.2 Å². The number of aromatic nitrogens is 4. The molecule has 0 spiro atoms. The van der Waals surface area contributed by atoms with Crippen LogP contribution in [-0.2, 0) is 4.79 Å². The lowest BCUT2D eigenvalue weighted by molar-refractivity contribution is -0.130. The molecule has 0 bridgehead atoms. The minimum absolute atomic E-state index is 0.120. The van der Waals surface area contributed by atoms with Crippen molar-refractivity contribution < 1.29 is 9.53 Å². The summed E-state index contributed by atoms with van der Waals surface area (Å²) < 4.78 is 8.77. The summed E-state index contributed by atoms with van der Waals surface area (Å²) in [4.78, 5) is 28.6. The molecule has 1 atom stereocenters.